The van der Waals surface area contributed by atoms with Crippen LogP contribution >= 0.6 is 0 Å². The number of halogens is 9. The highest BCUT2D eigenvalue weighted by molar-refractivity contribution is 6.07. The smallest absolute Gasteiger partial charge is 0.418 e. The predicted octanol–water partition coefficient (Wildman–Crippen LogP) is 7.00. The van der Waals surface area contributed by atoms with Gasteiger partial charge in [-0.1, -0.05) is 6.07 Å². The molecule has 2 heterocycles. The highest BCUT2D eigenvalue weighted by Crippen LogP contribution is 2.37. The second-order valence-electron chi connectivity index (χ2n) is 10.2. The van der Waals surface area contributed by atoms with Crippen molar-refractivity contribution in [2.24, 2.45) is 0 Å². The maximum atomic E-state index is 13.8. The van der Waals surface area contributed by atoms with Crippen LogP contribution in [0.3, 0.4) is 0 Å². The Hall–Kier alpha value is -5.03. The van der Waals surface area contributed by atoms with Gasteiger partial charge in [-0.2, -0.15) is 36.3 Å². The van der Waals surface area contributed by atoms with E-state index < -0.39 is 71.1 Å². The van der Waals surface area contributed by atoms with Gasteiger partial charge in [-0.05, 0) is 61.9 Å². The van der Waals surface area contributed by atoms with Crippen molar-refractivity contribution < 1.29 is 53.8 Å². The van der Waals surface area contributed by atoms with Gasteiger partial charge in [0.25, 0.3) is 18.2 Å². The molecule has 9 nitrogen and oxygen atoms in total. The second kappa shape index (κ2) is 12.8. The Morgan fingerprint density at radius 1 is 0.913 bits per heavy atom. The number of anilines is 3. The minimum absolute atomic E-state index is 0.0633. The van der Waals surface area contributed by atoms with Gasteiger partial charge in [0, 0.05) is 12.2 Å². The summed E-state index contributed by atoms with van der Waals surface area (Å²) in [4.78, 5) is 35.4. The zero-order chi connectivity index (χ0) is 34.0. The normalized spacial score (nSPS) is 12.3. The molecule has 4 N–H and O–H groups in total. The predicted molar refractivity (Wildman–Crippen MR) is 147 cm³/mol. The summed E-state index contributed by atoms with van der Waals surface area (Å²) in [6.07, 6.45) is -12.5. The molecule has 246 valence electrons. The lowest BCUT2D eigenvalue weighted by Gasteiger charge is -2.17. The third-order valence-electron chi connectivity index (χ3n) is 6.13. The lowest BCUT2D eigenvalue weighted by molar-refractivity contribution is -0.138. The van der Waals surface area contributed by atoms with Crippen molar-refractivity contribution in [1.82, 2.24) is 20.3 Å². The van der Waals surface area contributed by atoms with Gasteiger partial charge in [0.1, 0.15) is 5.56 Å². The van der Waals surface area contributed by atoms with Gasteiger partial charge in [-0.15, -0.1) is 0 Å². The summed E-state index contributed by atoms with van der Waals surface area (Å²) in [5.41, 5.74) is -5.60. The van der Waals surface area contributed by atoms with Gasteiger partial charge in [0.15, 0.2) is 17.9 Å². The molecule has 46 heavy (non-hydrogen) atoms. The molecular formula is C28H23F9N6O3. The Morgan fingerprint density at radius 2 is 1.59 bits per heavy atom. The van der Waals surface area contributed by atoms with Crippen LogP contribution in [0.4, 0.5) is 56.8 Å². The monoisotopic (exact) mass is 662 g/mol. The number of nitrogens with zero attached hydrogens (tertiary/aromatic N) is 2. The van der Waals surface area contributed by atoms with Crippen LogP contribution in [0.2, 0.25) is 0 Å². The zero-order valence-electron chi connectivity index (χ0n) is 23.6. The molecule has 0 atom stereocenters. The molecule has 0 fully saturated rings. The van der Waals surface area contributed by atoms with E-state index in [9.17, 15) is 49.1 Å². The molecular weight excluding hydrogens is 639 g/mol. The molecule has 18 heteroatoms. The average Bonchev–Trinajstić information content (AvgIpc) is 3.34. The first-order valence-electron chi connectivity index (χ1n) is 13.1. The van der Waals surface area contributed by atoms with Crippen LogP contribution in [-0.4, -0.2) is 45.5 Å². The number of aromatic nitrogens is 3. The number of aromatic amines is 1. The molecule has 0 bridgehead atoms. The first-order chi connectivity index (χ1) is 21.3. The molecule has 0 aliphatic carbocycles. The first-order valence-corrected chi connectivity index (χ1v) is 13.1. The van der Waals surface area contributed by atoms with Crippen molar-refractivity contribution in [3.05, 3.63) is 70.8 Å². The fourth-order valence-corrected chi connectivity index (χ4v) is 3.91. The number of alkyl halides is 9. The molecule has 0 unspecified atom stereocenters. The third kappa shape index (κ3) is 8.36. The van der Waals surface area contributed by atoms with Gasteiger partial charge in [0.2, 0.25) is 11.8 Å². The van der Waals surface area contributed by atoms with Crippen LogP contribution in [0.15, 0.2) is 48.5 Å². The summed E-state index contributed by atoms with van der Waals surface area (Å²) in [6, 6.07) is 7.22. The Morgan fingerprint density at radius 3 is 2.17 bits per heavy atom. The van der Waals surface area contributed by atoms with Crippen molar-refractivity contribution in [1.29, 1.82) is 0 Å². The van der Waals surface area contributed by atoms with Crippen LogP contribution in [0.25, 0.3) is 11.2 Å². The highest BCUT2D eigenvalue weighted by Gasteiger charge is 2.34. The molecule has 2 amide bonds. The minimum atomic E-state index is -4.85. The second-order valence-corrected chi connectivity index (χ2v) is 10.2. The maximum absolute atomic E-state index is 13.8. The van der Waals surface area contributed by atoms with E-state index in [4.69, 9.17) is 4.74 Å². The van der Waals surface area contributed by atoms with Gasteiger partial charge < -0.3 is 25.7 Å². The number of carbonyl (C=O) groups is 2. The summed E-state index contributed by atoms with van der Waals surface area (Å²) in [5, 5.41) is 7.00. The number of hydrogen-bond donors (Lipinski definition) is 4. The van der Waals surface area contributed by atoms with E-state index >= 15 is 0 Å². The summed E-state index contributed by atoms with van der Waals surface area (Å²) < 4.78 is 125. The Labute approximate surface area is 253 Å². The molecule has 2 aromatic heterocycles. The Balaban J connectivity index is 1.66. The van der Waals surface area contributed by atoms with E-state index in [1.807, 2.05) is 0 Å². The maximum Gasteiger partial charge on any atom is 0.418 e. The van der Waals surface area contributed by atoms with Crippen molar-refractivity contribution >= 4 is 40.3 Å². The number of pyridine rings is 1. The number of H-pyrrole nitrogens is 1. The average molecular weight is 663 g/mol. The third-order valence-corrected chi connectivity index (χ3v) is 6.13. The molecule has 0 aliphatic rings. The number of ether oxygens (including phenoxy) is 1. The summed E-state index contributed by atoms with van der Waals surface area (Å²) in [5.74, 6) is -2.99. The largest absolute Gasteiger partial charge is 0.471 e. The lowest BCUT2D eigenvalue weighted by Crippen LogP contribution is -2.38. The van der Waals surface area contributed by atoms with E-state index in [2.05, 4.69) is 30.9 Å². The number of benzene rings is 2. The number of imidazole rings is 1. The van der Waals surface area contributed by atoms with Gasteiger partial charge >= 0.3 is 12.4 Å². The van der Waals surface area contributed by atoms with Crippen molar-refractivity contribution in [2.75, 3.05) is 17.2 Å². The molecule has 0 spiro atoms. The van der Waals surface area contributed by atoms with Crippen LogP contribution in [-0.2, 0) is 23.7 Å². The van der Waals surface area contributed by atoms with Crippen molar-refractivity contribution in [3.8, 4) is 5.88 Å². The molecule has 2 aromatic carbocycles. The minimum Gasteiger partial charge on any atom is -0.471 e. The fraction of sp³-hybridized carbons (Fsp3) is 0.286. The summed E-state index contributed by atoms with van der Waals surface area (Å²) in [7, 11) is 0. The SMILES string of the molecule is CC(C)(F)C(=O)NCc1ccc(C(F)(F)F)c(Nc2nc3nc(OCC(F)F)c(C(=O)Nc4ccc(C(F)(F)F)cc4)cc3[nH]2)c1. The molecule has 4 rings (SSSR count). The highest BCUT2D eigenvalue weighted by atomic mass is 19.4. The molecule has 0 saturated carbocycles. The molecule has 0 radical (unpaired) electrons. The number of amides is 2. The van der Waals surface area contributed by atoms with Gasteiger partial charge in [-0.25, -0.2) is 13.2 Å². The topological polar surface area (TPSA) is 121 Å². The Kier molecular flexibility index (Phi) is 9.39. The van der Waals surface area contributed by atoms with Gasteiger partial charge in [-0.3, -0.25) is 9.59 Å². The first kappa shape index (κ1) is 33.9. The van der Waals surface area contributed by atoms with Crippen LogP contribution in [0.1, 0.15) is 40.9 Å². The van der Waals surface area contributed by atoms with Crippen molar-refractivity contribution in [3.63, 3.8) is 0 Å². The number of hydrogen-bond acceptors (Lipinski definition) is 6. The van der Waals surface area contributed by atoms with E-state index in [1.54, 1.807) is 0 Å². The van der Waals surface area contributed by atoms with Crippen LogP contribution in [0.5, 0.6) is 5.88 Å². The van der Waals surface area contributed by atoms with Crippen LogP contribution in [0, 0.1) is 0 Å². The van der Waals surface area contributed by atoms with Crippen molar-refractivity contribution in [2.45, 2.75) is 44.8 Å². The fourth-order valence-electron chi connectivity index (χ4n) is 3.91. The lowest BCUT2D eigenvalue weighted by atomic mass is 10.1. The van der Waals surface area contributed by atoms with Crippen LogP contribution < -0.4 is 20.7 Å². The Bertz CT molecular complexity index is 1730. The number of rotatable bonds is 10. The molecule has 0 aliphatic heterocycles. The number of carbonyl (C=O) groups excluding carboxylic acids is 2. The molecule has 0 saturated heterocycles. The molecule has 4 aromatic rings. The van der Waals surface area contributed by atoms with E-state index in [1.165, 1.54) is 0 Å². The standard InChI is InChI=1S/C28H23F9N6O3/c1-26(2,31)24(45)38-11-13-3-8-17(28(35,36)37)18(9-13)40-25-41-19-10-16(23(42-21(19)43-25)46-12-20(29)30)22(44)39-15-6-4-14(5-7-15)27(32,33)34/h3-10,20H,11-12H2,1-2H3,(H,38,45)(H,39,44)(H2,40,41,42,43). The van der Waals surface area contributed by atoms with E-state index in [0.29, 0.717) is 12.1 Å². The summed E-state index contributed by atoms with van der Waals surface area (Å²) >= 11 is 0. The van der Waals surface area contributed by atoms with E-state index in [0.717, 1.165) is 50.2 Å². The number of fused-ring (bicyclic) bond motifs is 1. The zero-order valence-corrected chi connectivity index (χ0v) is 23.6. The van der Waals surface area contributed by atoms with E-state index in [-0.39, 0.29) is 34.9 Å². The summed E-state index contributed by atoms with van der Waals surface area (Å²) in [6.45, 7) is 0.492. The van der Waals surface area contributed by atoms with Gasteiger partial charge in [0.05, 0.1) is 22.3 Å². The quantitative estimate of drug-likeness (QED) is 0.136. The number of nitrogens with one attached hydrogen (secondary N) is 4.